The van der Waals surface area contributed by atoms with Crippen LogP contribution in [0.15, 0.2) is 60.9 Å². The van der Waals surface area contributed by atoms with Gasteiger partial charge in [-0.2, -0.15) is 26.3 Å². The lowest BCUT2D eigenvalue weighted by atomic mass is 9.97. The van der Waals surface area contributed by atoms with Crippen LogP contribution in [-0.4, -0.2) is 128 Å². The second-order valence-electron chi connectivity index (χ2n) is 18.6. The number of aryl methyl sites for hydroxylation is 2. The quantitative estimate of drug-likeness (QED) is 0.103. The number of benzene rings is 2. The highest BCUT2D eigenvalue weighted by Crippen LogP contribution is 2.48. The zero-order chi connectivity index (χ0) is 54.1. The maximum atomic E-state index is 13.8. The fraction of sp³-hybridized carbons (Fsp3) is 0.440. The summed E-state index contributed by atoms with van der Waals surface area (Å²) in [5.41, 5.74) is 1.86. The van der Waals surface area contributed by atoms with Gasteiger partial charge in [-0.25, -0.2) is 29.5 Å². The molecule has 74 heavy (non-hydrogen) atoms. The number of pyridine rings is 2. The van der Waals surface area contributed by atoms with Crippen LogP contribution < -0.4 is 21.5 Å². The Morgan fingerprint density at radius 3 is 1.42 bits per heavy atom. The molecule has 2 aliphatic rings. The number of halogens is 6. The molecule has 2 aromatic carbocycles. The van der Waals surface area contributed by atoms with Crippen molar-refractivity contribution in [3.8, 4) is 0 Å². The highest BCUT2D eigenvalue weighted by atomic mass is 31.2. The summed E-state index contributed by atoms with van der Waals surface area (Å²) in [6, 6.07) is 10.5. The van der Waals surface area contributed by atoms with Crippen LogP contribution in [0.1, 0.15) is 77.9 Å². The van der Waals surface area contributed by atoms with Gasteiger partial charge >= 0.3 is 24.5 Å². The molecule has 2 atom stereocenters. The molecule has 0 spiro atoms. The maximum absolute atomic E-state index is 13.8. The summed E-state index contributed by atoms with van der Waals surface area (Å²) >= 11 is 0. The van der Waals surface area contributed by atoms with Crippen molar-refractivity contribution in [2.24, 2.45) is 0 Å². The topological polar surface area (TPSA) is 189 Å². The largest absolute Gasteiger partial charge is 0.450 e. The van der Waals surface area contributed by atoms with Crippen molar-refractivity contribution in [2.45, 2.75) is 72.9 Å². The number of carbonyl (C=O) groups is 2. The molecule has 2 saturated heterocycles. The number of urea groups is 1. The number of aromatic nitrogens is 6. The smallest absolute Gasteiger partial charge is 0.416 e. The standard InChI is InChI=1S/C25H30F3N6O2P.C25H29F3N5O3P/c1-15-18(7-6-8-20(15)25(26,27)28)16(2)30-23-19-13-22(29-14-21(19)31-17(3)32-23)37(36)11-9-34(10-12-37)24(35)33(4)5;1-5-36-24(34)33-9-11-37(35,12-10-33)22-13-19-21(14-29-22)31-17(4)32-23(19)30-16(3)18-7-6-8-20(15(18)2)25(26,27)28/h6-8,13-14,16H,9-12H2,1-5H3,(H,30,31,32);6-8,13-14,16H,5,9-12H2,1-4H3,(H,30,31,32)/t2*16-/m11/s1. The summed E-state index contributed by atoms with van der Waals surface area (Å²) in [6.45, 7) is 13.2. The number of hydrogen-bond donors (Lipinski definition) is 2. The molecule has 4 aromatic heterocycles. The summed E-state index contributed by atoms with van der Waals surface area (Å²) in [6.07, 6.45) is -5.02. The lowest BCUT2D eigenvalue weighted by molar-refractivity contribution is -0.138. The van der Waals surface area contributed by atoms with Crippen LogP contribution in [0.5, 0.6) is 0 Å². The first kappa shape index (κ1) is 55.4. The Kier molecular flexibility index (Phi) is 16.3. The zero-order valence-corrected chi connectivity index (χ0v) is 44.3. The van der Waals surface area contributed by atoms with Crippen molar-refractivity contribution >= 4 is 70.7 Å². The third kappa shape index (κ3) is 12.1. The van der Waals surface area contributed by atoms with Crippen LogP contribution in [0.25, 0.3) is 21.8 Å². The first-order valence-corrected chi connectivity index (χ1v) is 28.1. The van der Waals surface area contributed by atoms with E-state index in [1.54, 1.807) is 95.2 Å². The Hall–Kier alpha value is -6.40. The van der Waals surface area contributed by atoms with Gasteiger partial charge in [0, 0.05) is 75.7 Å². The zero-order valence-electron chi connectivity index (χ0n) is 42.5. The summed E-state index contributed by atoms with van der Waals surface area (Å²) in [5, 5.41) is 7.65. The molecule has 0 unspecified atom stereocenters. The monoisotopic (exact) mass is 1070 g/mol. The van der Waals surface area contributed by atoms with Gasteiger partial charge < -0.3 is 39.2 Å². The lowest BCUT2D eigenvalue weighted by Crippen LogP contribution is -2.45. The van der Waals surface area contributed by atoms with Gasteiger partial charge in [0.1, 0.15) is 48.4 Å². The second kappa shape index (κ2) is 21.8. The Morgan fingerprint density at radius 1 is 0.662 bits per heavy atom. The van der Waals surface area contributed by atoms with Gasteiger partial charge in [-0.15, -0.1) is 0 Å². The Bertz CT molecular complexity index is 3170. The van der Waals surface area contributed by atoms with Gasteiger partial charge in [-0.1, -0.05) is 24.3 Å². The highest BCUT2D eigenvalue weighted by molar-refractivity contribution is 7.71. The minimum atomic E-state index is -4.45. The second-order valence-corrected chi connectivity index (χ2v) is 24.9. The van der Waals surface area contributed by atoms with Crippen molar-refractivity contribution in [2.75, 3.05) is 82.2 Å². The van der Waals surface area contributed by atoms with E-state index in [4.69, 9.17) is 4.74 Å². The third-order valence-corrected chi connectivity index (χ3v) is 19.1. The molecule has 396 valence electrons. The number of anilines is 2. The number of nitrogens with zero attached hydrogens (tertiary/aromatic N) is 9. The number of amides is 3. The van der Waals surface area contributed by atoms with E-state index < -0.39 is 55.9 Å². The number of fused-ring (bicyclic) bond motifs is 2. The maximum Gasteiger partial charge on any atom is 0.416 e. The van der Waals surface area contributed by atoms with Crippen LogP contribution >= 0.6 is 14.3 Å². The van der Waals surface area contributed by atoms with Crippen LogP contribution in [0.2, 0.25) is 0 Å². The van der Waals surface area contributed by atoms with Gasteiger partial charge in [0.15, 0.2) is 0 Å². The van der Waals surface area contributed by atoms with Crippen LogP contribution in [0, 0.1) is 27.7 Å². The number of rotatable bonds is 9. The number of ether oxygens (including phenoxy) is 1. The average Bonchev–Trinajstić information content (AvgIpc) is 3.33. The van der Waals surface area contributed by atoms with Gasteiger partial charge in [0.05, 0.1) is 53.2 Å². The van der Waals surface area contributed by atoms with Crippen LogP contribution in [0.4, 0.5) is 47.6 Å². The van der Waals surface area contributed by atoms with Crippen molar-refractivity contribution in [1.29, 1.82) is 0 Å². The SMILES string of the molecule is CCOC(=O)N1CCP(=O)(c2cc3c(N[C@H](C)c4cccc(C(F)(F)F)c4C)nc(C)nc3cn2)CC1.Cc1nc(N[C@H](C)c2cccc(C(F)(F)F)c2C)c2cc(P3(=O)CCN(C(=O)N(C)C)CC3)ncc2n1. The summed E-state index contributed by atoms with van der Waals surface area (Å²) < 4.78 is 113. The van der Waals surface area contributed by atoms with Gasteiger partial charge in [-0.3, -0.25) is 9.97 Å². The number of carbonyl (C=O) groups excluding carboxylic acids is 2. The average molecular weight is 1070 g/mol. The number of alkyl halides is 6. The van der Waals surface area contributed by atoms with Crippen molar-refractivity contribution in [3.63, 3.8) is 0 Å². The Balaban J connectivity index is 0.000000216. The molecular weight excluding hydrogens is 1010 g/mol. The number of nitrogens with one attached hydrogen (secondary N) is 2. The third-order valence-electron chi connectivity index (χ3n) is 13.3. The minimum absolute atomic E-state index is 0.119. The molecule has 24 heteroatoms. The molecular formula is C50H59F6N11O5P2. The molecule has 0 aliphatic carbocycles. The van der Waals surface area contributed by atoms with E-state index in [-0.39, 0.29) is 36.1 Å². The summed E-state index contributed by atoms with van der Waals surface area (Å²) in [7, 11) is -2.40. The van der Waals surface area contributed by atoms with Gasteiger partial charge in [0.2, 0.25) is 0 Å². The van der Waals surface area contributed by atoms with E-state index in [2.05, 4.69) is 40.5 Å². The van der Waals surface area contributed by atoms with Crippen molar-refractivity contribution < 1.29 is 49.8 Å². The summed E-state index contributed by atoms with van der Waals surface area (Å²) in [5.74, 6) is 1.79. The van der Waals surface area contributed by atoms with Crippen molar-refractivity contribution in [3.05, 3.63) is 106 Å². The van der Waals surface area contributed by atoms with E-state index in [9.17, 15) is 45.1 Å². The predicted octanol–water partition coefficient (Wildman–Crippen LogP) is 10.1. The van der Waals surface area contributed by atoms with Crippen molar-refractivity contribution in [1.82, 2.24) is 44.6 Å². The van der Waals surface area contributed by atoms with E-state index in [0.29, 0.717) is 106 Å². The Labute approximate surface area is 424 Å². The van der Waals surface area contributed by atoms with Gasteiger partial charge in [-0.05, 0) is 95.0 Å². The molecule has 6 heterocycles. The van der Waals surface area contributed by atoms with E-state index in [1.165, 1.54) is 30.9 Å². The first-order valence-electron chi connectivity index (χ1n) is 23.9. The molecule has 0 saturated carbocycles. The molecule has 0 radical (unpaired) electrons. The lowest BCUT2D eigenvalue weighted by Gasteiger charge is -2.33. The summed E-state index contributed by atoms with van der Waals surface area (Å²) in [4.78, 5) is 55.8. The van der Waals surface area contributed by atoms with E-state index in [1.807, 2.05) is 0 Å². The molecule has 2 N–H and O–H groups in total. The van der Waals surface area contributed by atoms with E-state index >= 15 is 0 Å². The molecule has 2 aliphatic heterocycles. The molecule has 6 aromatic rings. The normalized spacial score (nSPS) is 16.5. The number of hydrogen-bond acceptors (Lipinski definition) is 13. The fourth-order valence-electron chi connectivity index (χ4n) is 9.27. The van der Waals surface area contributed by atoms with Crippen LogP contribution in [0.3, 0.4) is 0 Å². The minimum Gasteiger partial charge on any atom is -0.450 e. The first-order chi connectivity index (χ1) is 34.7. The predicted molar refractivity (Wildman–Crippen MR) is 274 cm³/mol. The molecule has 2 fully saturated rings. The fourth-order valence-corrected chi connectivity index (χ4v) is 14.2. The van der Waals surface area contributed by atoms with Crippen LogP contribution in [-0.2, 0) is 26.2 Å². The van der Waals surface area contributed by atoms with Gasteiger partial charge in [0.25, 0.3) is 0 Å². The highest BCUT2D eigenvalue weighted by Gasteiger charge is 2.38. The van der Waals surface area contributed by atoms with E-state index in [0.717, 1.165) is 12.1 Å². The Morgan fingerprint density at radius 2 is 1.05 bits per heavy atom. The molecule has 3 amide bonds. The molecule has 0 bridgehead atoms. The molecule has 16 nitrogen and oxygen atoms in total. The molecule has 8 rings (SSSR count).